The van der Waals surface area contributed by atoms with Gasteiger partial charge in [0, 0.05) is 31.9 Å². The Labute approximate surface area is 161 Å². The number of pyridine rings is 1. The molecule has 26 heavy (non-hydrogen) atoms. The normalized spacial score (nSPS) is 15.3. The number of nitrogens with one attached hydrogen (secondary N) is 1. The zero-order chi connectivity index (χ0) is 18.4. The number of carbonyl (C=O) groups excluding carboxylic acids is 2. The number of hydrogen-bond acceptors (Lipinski definition) is 4. The molecule has 0 saturated carbocycles. The highest BCUT2D eigenvalue weighted by atomic mass is 79.9. The molecule has 1 aromatic carbocycles. The van der Waals surface area contributed by atoms with Gasteiger partial charge >= 0.3 is 0 Å². The number of amides is 2. The topological polar surface area (TPSA) is 65.5 Å². The van der Waals surface area contributed by atoms with Crippen molar-refractivity contribution in [2.75, 3.05) is 38.0 Å². The van der Waals surface area contributed by atoms with Gasteiger partial charge in [0.1, 0.15) is 10.3 Å². The summed E-state index contributed by atoms with van der Waals surface area (Å²) in [7, 11) is 0. The van der Waals surface area contributed by atoms with E-state index in [1.807, 2.05) is 41.3 Å². The average Bonchev–Trinajstić information content (AvgIpc) is 2.87. The number of benzene rings is 1. The van der Waals surface area contributed by atoms with E-state index in [1.54, 1.807) is 12.1 Å². The second-order valence-corrected chi connectivity index (χ2v) is 6.99. The quantitative estimate of drug-likeness (QED) is 0.777. The Kier molecular flexibility index (Phi) is 6.35. The smallest absolute Gasteiger partial charge is 0.272 e. The Morgan fingerprint density at radius 2 is 1.81 bits per heavy atom. The van der Waals surface area contributed by atoms with Crippen LogP contribution in [0.15, 0.2) is 53.1 Å². The average molecular weight is 417 g/mol. The molecule has 6 nitrogen and oxygen atoms in total. The molecule has 0 spiro atoms. The van der Waals surface area contributed by atoms with E-state index in [4.69, 9.17) is 0 Å². The van der Waals surface area contributed by atoms with Gasteiger partial charge < -0.3 is 10.2 Å². The van der Waals surface area contributed by atoms with E-state index in [0.29, 0.717) is 36.5 Å². The summed E-state index contributed by atoms with van der Waals surface area (Å²) in [5.41, 5.74) is 1.24. The highest BCUT2D eigenvalue weighted by molar-refractivity contribution is 9.10. The second-order valence-electron chi connectivity index (χ2n) is 6.18. The molecular formula is C19H21BrN4O2. The molecule has 1 fully saturated rings. The number of aromatic nitrogens is 1. The molecule has 1 aromatic heterocycles. The minimum absolute atomic E-state index is 0.0374. The Morgan fingerprint density at radius 3 is 2.58 bits per heavy atom. The molecule has 0 atom stereocenters. The van der Waals surface area contributed by atoms with Gasteiger partial charge in [0.15, 0.2) is 0 Å². The molecule has 1 aliphatic heterocycles. The van der Waals surface area contributed by atoms with Crippen molar-refractivity contribution in [2.24, 2.45) is 0 Å². The van der Waals surface area contributed by atoms with Gasteiger partial charge in [-0.3, -0.25) is 14.5 Å². The second kappa shape index (κ2) is 8.91. The van der Waals surface area contributed by atoms with Crippen LogP contribution in [0.5, 0.6) is 0 Å². The van der Waals surface area contributed by atoms with Crippen LogP contribution in [0.4, 0.5) is 5.69 Å². The Bertz CT molecular complexity index is 769. The van der Waals surface area contributed by atoms with Crippen LogP contribution in [-0.2, 0) is 4.79 Å². The van der Waals surface area contributed by atoms with Crippen LogP contribution < -0.4 is 5.32 Å². The standard InChI is InChI=1S/C19H21BrN4O2/c20-17-9-4-8-16(22-17)19(26)24-11-5-10-23(12-13-24)14-18(25)21-15-6-2-1-3-7-15/h1-4,6-9H,5,10-14H2,(H,21,25). The lowest BCUT2D eigenvalue weighted by Gasteiger charge is -2.21. The summed E-state index contributed by atoms with van der Waals surface area (Å²) < 4.78 is 0.650. The highest BCUT2D eigenvalue weighted by Gasteiger charge is 2.22. The third-order valence-corrected chi connectivity index (χ3v) is 4.68. The van der Waals surface area contributed by atoms with Crippen LogP contribution in [0.3, 0.4) is 0 Å². The van der Waals surface area contributed by atoms with Crippen LogP contribution >= 0.6 is 15.9 Å². The van der Waals surface area contributed by atoms with Crippen LogP contribution in [-0.4, -0.2) is 59.3 Å². The zero-order valence-electron chi connectivity index (χ0n) is 14.4. The third kappa shape index (κ3) is 5.12. The van der Waals surface area contributed by atoms with E-state index in [1.165, 1.54) is 0 Å². The maximum absolute atomic E-state index is 12.6. The first-order chi connectivity index (χ1) is 12.6. The monoisotopic (exact) mass is 416 g/mol. The number of rotatable bonds is 4. The van der Waals surface area contributed by atoms with E-state index < -0.39 is 0 Å². The first-order valence-electron chi connectivity index (χ1n) is 8.61. The van der Waals surface area contributed by atoms with Gasteiger partial charge in [-0.25, -0.2) is 4.98 Å². The summed E-state index contributed by atoms with van der Waals surface area (Å²) in [6.45, 7) is 3.04. The van der Waals surface area contributed by atoms with E-state index in [2.05, 4.69) is 31.1 Å². The summed E-state index contributed by atoms with van der Waals surface area (Å²) in [6, 6.07) is 14.8. The van der Waals surface area contributed by atoms with Crippen molar-refractivity contribution in [1.82, 2.24) is 14.8 Å². The third-order valence-electron chi connectivity index (χ3n) is 4.23. The van der Waals surface area contributed by atoms with Crippen molar-refractivity contribution in [1.29, 1.82) is 0 Å². The van der Waals surface area contributed by atoms with Crippen LogP contribution in [0.25, 0.3) is 0 Å². The number of nitrogens with zero attached hydrogens (tertiary/aromatic N) is 3. The molecule has 7 heteroatoms. The van der Waals surface area contributed by atoms with E-state index >= 15 is 0 Å². The van der Waals surface area contributed by atoms with Crippen molar-refractivity contribution in [3.8, 4) is 0 Å². The molecule has 0 aliphatic carbocycles. The van der Waals surface area contributed by atoms with E-state index in [0.717, 1.165) is 18.7 Å². The predicted molar refractivity (Wildman–Crippen MR) is 104 cm³/mol. The number of anilines is 1. The Balaban J connectivity index is 1.53. The number of para-hydroxylation sites is 1. The van der Waals surface area contributed by atoms with Crippen molar-refractivity contribution in [2.45, 2.75) is 6.42 Å². The largest absolute Gasteiger partial charge is 0.336 e. The minimum Gasteiger partial charge on any atom is -0.336 e. The molecule has 136 valence electrons. The lowest BCUT2D eigenvalue weighted by molar-refractivity contribution is -0.117. The molecule has 2 amide bonds. The maximum Gasteiger partial charge on any atom is 0.272 e. The minimum atomic E-state index is -0.0677. The summed E-state index contributed by atoms with van der Waals surface area (Å²) in [6.07, 6.45) is 0.832. The molecule has 3 rings (SSSR count). The Hall–Kier alpha value is -2.25. The van der Waals surface area contributed by atoms with Gasteiger partial charge in [-0.2, -0.15) is 0 Å². The van der Waals surface area contributed by atoms with Crippen LogP contribution in [0.1, 0.15) is 16.9 Å². The van der Waals surface area contributed by atoms with Gasteiger partial charge in [-0.15, -0.1) is 0 Å². The molecule has 2 heterocycles. The fourth-order valence-corrected chi connectivity index (χ4v) is 3.29. The lowest BCUT2D eigenvalue weighted by atomic mass is 10.3. The first-order valence-corrected chi connectivity index (χ1v) is 9.40. The van der Waals surface area contributed by atoms with E-state index in [9.17, 15) is 9.59 Å². The summed E-state index contributed by atoms with van der Waals surface area (Å²) in [5.74, 6) is -0.105. The van der Waals surface area contributed by atoms with Gasteiger partial charge in [-0.05, 0) is 46.6 Å². The number of hydrogen-bond donors (Lipinski definition) is 1. The van der Waals surface area contributed by atoms with Gasteiger partial charge in [0.25, 0.3) is 5.91 Å². The number of carbonyl (C=O) groups is 2. The highest BCUT2D eigenvalue weighted by Crippen LogP contribution is 2.11. The number of halogens is 1. The Morgan fingerprint density at radius 1 is 1.00 bits per heavy atom. The molecule has 0 unspecified atom stereocenters. The van der Waals surface area contributed by atoms with Crippen molar-refractivity contribution in [3.05, 3.63) is 58.8 Å². The molecule has 1 aliphatic rings. The summed E-state index contributed by atoms with van der Waals surface area (Å²) in [4.78, 5) is 33.0. The fraction of sp³-hybridized carbons (Fsp3) is 0.316. The molecule has 1 saturated heterocycles. The van der Waals surface area contributed by atoms with Crippen LogP contribution in [0, 0.1) is 0 Å². The maximum atomic E-state index is 12.6. The molecule has 0 bridgehead atoms. The van der Waals surface area contributed by atoms with Gasteiger partial charge in [-0.1, -0.05) is 24.3 Å². The van der Waals surface area contributed by atoms with Crippen molar-refractivity contribution in [3.63, 3.8) is 0 Å². The SMILES string of the molecule is O=C(CN1CCCN(C(=O)c2cccc(Br)n2)CC1)Nc1ccccc1. The van der Waals surface area contributed by atoms with E-state index in [-0.39, 0.29) is 11.8 Å². The van der Waals surface area contributed by atoms with Gasteiger partial charge in [0.2, 0.25) is 5.91 Å². The summed E-state index contributed by atoms with van der Waals surface area (Å²) in [5, 5.41) is 2.90. The summed E-state index contributed by atoms with van der Waals surface area (Å²) >= 11 is 3.30. The lowest BCUT2D eigenvalue weighted by Crippen LogP contribution is -2.38. The van der Waals surface area contributed by atoms with Crippen molar-refractivity contribution < 1.29 is 9.59 Å². The van der Waals surface area contributed by atoms with Crippen LogP contribution in [0.2, 0.25) is 0 Å². The molecule has 2 aromatic rings. The first kappa shape index (κ1) is 18.5. The predicted octanol–water partition coefficient (Wildman–Crippen LogP) is 2.63. The molecule has 0 radical (unpaired) electrons. The molecular weight excluding hydrogens is 396 g/mol. The fourth-order valence-electron chi connectivity index (χ4n) is 2.95. The molecule has 1 N–H and O–H groups in total. The van der Waals surface area contributed by atoms with Gasteiger partial charge in [0.05, 0.1) is 6.54 Å². The van der Waals surface area contributed by atoms with Crippen molar-refractivity contribution >= 4 is 33.4 Å². The zero-order valence-corrected chi connectivity index (χ0v) is 16.0.